The van der Waals surface area contributed by atoms with Crippen LogP contribution in [0, 0.1) is 23.7 Å². The number of H-pyrrole nitrogens is 1. The molecule has 0 spiro atoms. The summed E-state index contributed by atoms with van der Waals surface area (Å²) in [7, 11) is 0. The second-order valence-corrected chi connectivity index (χ2v) is 8.41. The lowest BCUT2D eigenvalue weighted by atomic mass is 9.96. The molecule has 3 N–H and O–H groups in total. The Bertz CT molecular complexity index is 971. The molecule has 2 saturated heterocycles. The Labute approximate surface area is 174 Å². The number of carbonyl (C=O) groups excluding carboxylic acids is 1. The van der Waals surface area contributed by atoms with Crippen molar-refractivity contribution in [2.75, 3.05) is 13.2 Å². The van der Waals surface area contributed by atoms with E-state index < -0.39 is 35.3 Å². The third-order valence-corrected chi connectivity index (χ3v) is 5.69. The number of aliphatic hydroxyl groups excluding tert-OH is 1. The fourth-order valence-electron chi connectivity index (χ4n) is 3.99. The Hall–Kier alpha value is -2.41. The first-order chi connectivity index (χ1) is 14.2. The van der Waals surface area contributed by atoms with Gasteiger partial charge >= 0.3 is 5.69 Å². The van der Waals surface area contributed by atoms with Gasteiger partial charge in [-0.05, 0) is 18.8 Å². The van der Waals surface area contributed by atoms with Crippen molar-refractivity contribution in [3.05, 3.63) is 32.6 Å². The number of nitrogens with zero attached hydrogens (tertiary/aromatic N) is 1. The smallest absolute Gasteiger partial charge is 0.330 e. The fourth-order valence-corrected chi connectivity index (χ4v) is 3.99. The Balaban J connectivity index is 1.73. The molecule has 0 radical (unpaired) electrons. The third-order valence-electron chi connectivity index (χ3n) is 5.69. The topological polar surface area (TPSA) is 123 Å². The standard InChI is InChI=1S/C21H29N3O6/c1-5-21-11-29-15(16(21)25)19(30-21)24-10-14(18(27)23-20(24)28)7-6-8-22-17(26)13(4)9-12(2)3/h10,12-13,15-16,19,25H,5,8-9,11H2,1-4H3,(H,22,26)(H,23,27,28)/t13?,15?,16-,19-,21+/m1/s1. The van der Waals surface area contributed by atoms with Gasteiger partial charge in [-0.1, -0.05) is 39.5 Å². The van der Waals surface area contributed by atoms with E-state index in [0.717, 1.165) is 6.42 Å². The Morgan fingerprint density at radius 2 is 2.17 bits per heavy atom. The Morgan fingerprint density at radius 1 is 1.43 bits per heavy atom. The van der Waals surface area contributed by atoms with Gasteiger partial charge in [0.25, 0.3) is 5.56 Å². The zero-order valence-corrected chi connectivity index (χ0v) is 17.7. The van der Waals surface area contributed by atoms with Gasteiger partial charge in [-0.15, -0.1) is 0 Å². The zero-order valence-electron chi connectivity index (χ0n) is 17.7. The van der Waals surface area contributed by atoms with Gasteiger partial charge in [0.15, 0.2) is 6.23 Å². The molecule has 3 heterocycles. The van der Waals surface area contributed by atoms with Crippen molar-refractivity contribution in [3.8, 4) is 11.8 Å². The fraction of sp³-hybridized carbons (Fsp3) is 0.667. The Morgan fingerprint density at radius 3 is 2.80 bits per heavy atom. The van der Waals surface area contributed by atoms with Crippen LogP contribution in [0.4, 0.5) is 0 Å². The molecule has 2 aliphatic rings. The maximum absolute atomic E-state index is 12.3. The molecular weight excluding hydrogens is 390 g/mol. The highest BCUT2D eigenvalue weighted by Gasteiger charge is 2.60. The summed E-state index contributed by atoms with van der Waals surface area (Å²) in [6.07, 6.45) is 0.207. The second kappa shape index (κ2) is 8.76. The molecule has 9 nitrogen and oxygen atoms in total. The number of aromatic amines is 1. The largest absolute Gasteiger partial charge is 0.387 e. The average molecular weight is 419 g/mol. The number of carbonyl (C=O) groups is 1. The molecule has 30 heavy (non-hydrogen) atoms. The minimum Gasteiger partial charge on any atom is -0.387 e. The molecule has 5 atom stereocenters. The van der Waals surface area contributed by atoms with Gasteiger partial charge in [-0.2, -0.15) is 0 Å². The number of amides is 1. The van der Waals surface area contributed by atoms with E-state index in [9.17, 15) is 19.5 Å². The first-order valence-electron chi connectivity index (χ1n) is 10.3. The summed E-state index contributed by atoms with van der Waals surface area (Å²) in [5, 5.41) is 13.2. The number of hydrogen-bond donors (Lipinski definition) is 3. The number of aliphatic hydroxyl groups is 1. The van der Waals surface area contributed by atoms with Gasteiger partial charge < -0.3 is 19.9 Å². The van der Waals surface area contributed by atoms with Crippen molar-refractivity contribution in [1.82, 2.24) is 14.9 Å². The highest BCUT2D eigenvalue weighted by molar-refractivity contribution is 5.78. The summed E-state index contributed by atoms with van der Waals surface area (Å²) < 4.78 is 12.8. The van der Waals surface area contributed by atoms with E-state index in [4.69, 9.17) is 9.47 Å². The van der Waals surface area contributed by atoms with Crippen LogP contribution in [0.15, 0.2) is 15.8 Å². The van der Waals surface area contributed by atoms with Gasteiger partial charge in [0.05, 0.1) is 13.2 Å². The van der Waals surface area contributed by atoms with E-state index in [0.29, 0.717) is 12.3 Å². The van der Waals surface area contributed by atoms with Crippen molar-refractivity contribution in [2.24, 2.45) is 11.8 Å². The molecule has 2 unspecified atom stereocenters. The summed E-state index contributed by atoms with van der Waals surface area (Å²) in [5.74, 6) is 5.63. The summed E-state index contributed by atoms with van der Waals surface area (Å²) in [4.78, 5) is 38.7. The van der Waals surface area contributed by atoms with Crippen molar-refractivity contribution < 1.29 is 19.4 Å². The first-order valence-corrected chi connectivity index (χ1v) is 10.3. The maximum Gasteiger partial charge on any atom is 0.330 e. The van der Waals surface area contributed by atoms with Gasteiger partial charge in [0.2, 0.25) is 5.91 Å². The normalized spacial score (nSPS) is 28.3. The van der Waals surface area contributed by atoms with E-state index in [-0.39, 0.29) is 30.5 Å². The predicted octanol–water partition coefficient (Wildman–Crippen LogP) is 0.124. The van der Waals surface area contributed by atoms with Crippen LogP contribution in [0.25, 0.3) is 0 Å². The molecule has 2 bridgehead atoms. The monoisotopic (exact) mass is 419 g/mol. The molecule has 3 rings (SSSR count). The van der Waals surface area contributed by atoms with Crippen molar-refractivity contribution in [1.29, 1.82) is 0 Å². The highest BCUT2D eigenvalue weighted by Crippen LogP contribution is 2.46. The van der Waals surface area contributed by atoms with E-state index in [1.807, 2.05) is 13.8 Å². The van der Waals surface area contributed by atoms with Crippen LogP contribution in [0.1, 0.15) is 52.3 Å². The lowest BCUT2D eigenvalue weighted by molar-refractivity contribution is -0.175. The summed E-state index contributed by atoms with van der Waals surface area (Å²) in [5.41, 5.74) is -2.09. The molecular formula is C21H29N3O6. The molecule has 0 aliphatic carbocycles. The molecule has 9 heteroatoms. The molecule has 2 aliphatic heterocycles. The van der Waals surface area contributed by atoms with Crippen LogP contribution in [0.3, 0.4) is 0 Å². The van der Waals surface area contributed by atoms with Crippen LogP contribution < -0.4 is 16.6 Å². The van der Waals surface area contributed by atoms with Crippen LogP contribution in [0.2, 0.25) is 0 Å². The minimum atomic E-state index is -0.857. The van der Waals surface area contributed by atoms with Crippen LogP contribution in [-0.2, 0) is 14.3 Å². The van der Waals surface area contributed by atoms with Crippen LogP contribution in [0.5, 0.6) is 0 Å². The minimum absolute atomic E-state index is 0.0606. The van der Waals surface area contributed by atoms with Crippen molar-refractivity contribution in [2.45, 2.75) is 64.6 Å². The summed E-state index contributed by atoms with van der Waals surface area (Å²) >= 11 is 0. The van der Waals surface area contributed by atoms with E-state index in [1.54, 1.807) is 0 Å². The van der Waals surface area contributed by atoms with Gasteiger partial charge in [-0.3, -0.25) is 19.1 Å². The van der Waals surface area contributed by atoms with Crippen LogP contribution >= 0.6 is 0 Å². The number of rotatable bonds is 6. The molecule has 1 amide bonds. The van der Waals surface area contributed by atoms with Gasteiger partial charge in [-0.25, -0.2) is 4.79 Å². The first kappa shape index (κ1) is 22.3. The zero-order chi connectivity index (χ0) is 22.1. The van der Waals surface area contributed by atoms with E-state index >= 15 is 0 Å². The predicted molar refractivity (Wildman–Crippen MR) is 109 cm³/mol. The molecule has 2 fully saturated rings. The SMILES string of the molecule is CC[C@@]12COC([C@H](n3cc(C#CCNC(=O)C(C)CC(C)C)c(=O)[nH]c3=O)O1)[C@H]2O. The van der Waals surface area contributed by atoms with Crippen LogP contribution in [-0.4, -0.2) is 51.5 Å². The number of nitrogens with one attached hydrogen (secondary N) is 2. The molecule has 1 aromatic heterocycles. The Kier molecular flexibility index (Phi) is 6.50. The van der Waals surface area contributed by atoms with E-state index in [1.165, 1.54) is 10.8 Å². The molecule has 1 aromatic rings. The molecule has 0 aromatic carbocycles. The summed E-state index contributed by atoms with van der Waals surface area (Å²) in [6.45, 7) is 8.18. The second-order valence-electron chi connectivity index (χ2n) is 8.41. The number of aromatic nitrogens is 2. The van der Waals surface area contributed by atoms with E-state index in [2.05, 4.69) is 36.0 Å². The summed E-state index contributed by atoms with van der Waals surface area (Å²) in [6, 6.07) is 0. The highest BCUT2D eigenvalue weighted by atomic mass is 16.6. The van der Waals surface area contributed by atoms with Crippen molar-refractivity contribution >= 4 is 5.91 Å². The molecule has 0 saturated carbocycles. The lowest BCUT2D eigenvalue weighted by Gasteiger charge is -2.30. The number of hydrogen-bond acceptors (Lipinski definition) is 6. The molecule has 164 valence electrons. The lowest BCUT2D eigenvalue weighted by Crippen LogP contribution is -2.41. The maximum atomic E-state index is 12.3. The van der Waals surface area contributed by atoms with Crippen molar-refractivity contribution in [3.63, 3.8) is 0 Å². The number of fused-ring (bicyclic) bond motifs is 2. The van der Waals surface area contributed by atoms with Gasteiger partial charge in [0, 0.05) is 12.1 Å². The number of ether oxygens (including phenoxy) is 2. The van der Waals surface area contributed by atoms with Gasteiger partial charge in [0.1, 0.15) is 23.4 Å². The quantitative estimate of drug-likeness (QED) is 0.563. The average Bonchev–Trinajstić information content (AvgIpc) is 3.16. The third kappa shape index (κ3) is 4.21.